The Kier molecular flexibility index (Phi) is 15.7. The summed E-state index contributed by atoms with van der Waals surface area (Å²) >= 11 is 1.78. The number of hydrogen-bond donors (Lipinski definition) is 2. The Morgan fingerprint density at radius 1 is 0.522 bits per heavy atom. The summed E-state index contributed by atoms with van der Waals surface area (Å²) in [5.74, 6) is -3.94. The lowest BCUT2D eigenvalue weighted by Crippen LogP contribution is -2.55. The average Bonchev–Trinajstić information content (AvgIpc) is 3.04. The van der Waals surface area contributed by atoms with Crippen molar-refractivity contribution in [1.82, 2.24) is 30.2 Å². The van der Waals surface area contributed by atoms with Crippen molar-refractivity contribution in [2.75, 3.05) is 64.3 Å². The number of amides is 6. The fourth-order valence-electron chi connectivity index (χ4n) is 4.17. The third kappa shape index (κ3) is 10.5. The first kappa shape index (κ1) is 39.7. The van der Waals surface area contributed by atoms with Crippen molar-refractivity contribution < 1.29 is 38.4 Å². The van der Waals surface area contributed by atoms with Gasteiger partial charge in [-0.25, -0.2) is 0 Å². The number of fused-ring (bicyclic) bond motifs is 5. The second kappa shape index (κ2) is 18.2. The van der Waals surface area contributed by atoms with Crippen molar-refractivity contribution >= 4 is 90.8 Å². The van der Waals surface area contributed by atoms with Crippen LogP contribution in [0.4, 0.5) is 0 Å². The first-order chi connectivity index (χ1) is 21.5. The lowest BCUT2D eigenvalue weighted by Gasteiger charge is -2.34. The van der Waals surface area contributed by atoms with Gasteiger partial charge in [-0.3, -0.25) is 38.4 Å². The second-order valence-corrected chi connectivity index (χ2v) is 16.0. The zero-order valence-electron chi connectivity index (χ0n) is 27.4. The maximum absolute atomic E-state index is 13.8. The number of rotatable bonds is 0. The highest BCUT2D eigenvalue weighted by Gasteiger charge is 2.36. The first-order valence-corrected chi connectivity index (χ1v) is 19.1. The number of nitrogens with zero attached hydrogens (tertiary/aromatic N) is 4. The van der Waals surface area contributed by atoms with Gasteiger partial charge in [0.25, 0.3) is 0 Å². The number of likely N-dealkylation sites (N-methyl/N-ethyl adjacent to an activating group) is 4. The molecule has 2 aliphatic rings. The van der Waals surface area contributed by atoms with Gasteiger partial charge >= 0.3 is 0 Å². The summed E-state index contributed by atoms with van der Waals surface area (Å²) in [6.45, 7) is 5.59. The van der Waals surface area contributed by atoms with Crippen LogP contribution in [-0.4, -0.2) is 154 Å². The first-order valence-electron chi connectivity index (χ1n) is 14.7. The Balaban J connectivity index is 2.55. The molecule has 2 bridgehead atoms. The Hall–Kier alpha value is -2.44. The van der Waals surface area contributed by atoms with Crippen LogP contribution in [0.5, 0.6) is 0 Å². The molecule has 0 radical (unpaired) electrons. The molecule has 0 spiro atoms. The van der Waals surface area contributed by atoms with Crippen LogP contribution < -0.4 is 10.6 Å². The summed E-state index contributed by atoms with van der Waals surface area (Å²) in [7, 11) is 8.21. The average molecular weight is 721 g/mol. The van der Waals surface area contributed by atoms with Gasteiger partial charge in [-0.05, 0) is 13.8 Å². The number of carbonyl (C=O) groups is 8. The molecule has 0 saturated carbocycles. The molecule has 0 unspecified atom stereocenters. The summed E-state index contributed by atoms with van der Waals surface area (Å²) in [6.07, 6.45) is 0. The summed E-state index contributed by atoms with van der Waals surface area (Å²) < 4.78 is 0. The monoisotopic (exact) mass is 720 g/mol. The second-order valence-electron chi connectivity index (χ2n) is 11.4. The standard InChI is InChI=1S/C28H44N6O8S4/c1-15-11-43-27(41)17(3)31(5)25(39)20-14-46-45-13-19(33(7)21(35)9-29-23(15)37)26(40)32(6)18(4)28(42)44-12-16(2)24(38)30-10-22(36)34(20)8/h15-20H,9-14H2,1-8H3,(H,29,37)(H,30,38)/t15-,16-,17+,18+,19+,20+/m1/s1. The van der Waals surface area contributed by atoms with Gasteiger partial charge in [0.2, 0.25) is 45.7 Å². The van der Waals surface area contributed by atoms with E-state index in [1.165, 1.54) is 69.4 Å². The molecule has 18 heteroatoms. The molecule has 2 fully saturated rings. The van der Waals surface area contributed by atoms with E-state index in [2.05, 4.69) is 10.6 Å². The van der Waals surface area contributed by atoms with Crippen LogP contribution in [0.15, 0.2) is 0 Å². The van der Waals surface area contributed by atoms with Gasteiger partial charge in [0.1, 0.15) is 12.1 Å². The van der Waals surface area contributed by atoms with Crippen LogP contribution in [0.25, 0.3) is 0 Å². The maximum Gasteiger partial charge on any atom is 0.246 e. The Bertz CT molecular complexity index is 1120. The Morgan fingerprint density at radius 2 is 0.848 bits per heavy atom. The highest BCUT2D eigenvalue weighted by atomic mass is 33.1. The number of hydrogen-bond acceptors (Lipinski definition) is 12. The van der Waals surface area contributed by atoms with Crippen molar-refractivity contribution in [3.8, 4) is 0 Å². The number of thioether (sulfide) groups is 2. The highest BCUT2D eigenvalue weighted by Crippen LogP contribution is 2.28. The summed E-state index contributed by atoms with van der Waals surface area (Å²) in [4.78, 5) is 110. The summed E-state index contributed by atoms with van der Waals surface area (Å²) in [6, 6.07) is -3.82. The lowest BCUT2D eigenvalue weighted by molar-refractivity contribution is -0.145. The van der Waals surface area contributed by atoms with Crippen LogP contribution in [0.3, 0.4) is 0 Å². The van der Waals surface area contributed by atoms with Crippen molar-refractivity contribution in [2.45, 2.75) is 51.9 Å². The van der Waals surface area contributed by atoms with Crippen LogP contribution in [0.1, 0.15) is 27.7 Å². The van der Waals surface area contributed by atoms with Gasteiger partial charge in [0, 0.05) is 63.0 Å². The van der Waals surface area contributed by atoms with E-state index in [4.69, 9.17) is 0 Å². The minimum absolute atomic E-state index is 0.0709. The van der Waals surface area contributed by atoms with Gasteiger partial charge in [-0.1, -0.05) is 59.0 Å². The molecule has 2 rings (SSSR count). The number of nitrogens with one attached hydrogen (secondary N) is 2. The van der Waals surface area contributed by atoms with E-state index in [9.17, 15) is 38.4 Å². The van der Waals surface area contributed by atoms with Crippen LogP contribution >= 0.6 is 45.1 Å². The van der Waals surface area contributed by atoms with Crippen molar-refractivity contribution in [2.24, 2.45) is 11.8 Å². The highest BCUT2D eigenvalue weighted by molar-refractivity contribution is 8.76. The SMILES string of the molecule is C[C@@H]1CSC(=O)[C@H](C)N(C)C(=O)[C@@H]2CSSC[C@@H](C(=O)N(C)[C@@H](C)C(=O)SC[C@@H](C)C(=O)NCC(=O)N2C)N(C)C(=O)CNC1=O. The smallest absolute Gasteiger partial charge is 0.246 e. The number of carbonyl (C=O) groups excluding carboxylic acids is 8. The van der Waals surface area contributed by atoms with Gasteiger partial charge in [-0.15, -0.1) is 0 Å². The third-order valence-electron chi connectivity index (χ3n) is 8.04. The lowest BCUT2D eigenvalue weighted by atomic mass is 10.2. The molecule has 0 aromatic heterocycles. The predicted octanol–water partition coefficient (Wildman–Crippen LogP) is -0.233. The molecular weight excluding hydrogens is 677 g/mol. The fraction of sp³-hybridized carbons (Fsp3) is 0.714. The van der Waals surface area contributed by atoms with Crippen molar-refractivity contribution in [3.63, 3.8) is 0 Å². The quantitative estimate of drug-likeness (QED) is 0.315. The molecular formula is C28H44N6O8S4. The molecule has 6 atom stereocenters. The minimum Gasteiger partial charge on any atom is -0.347 e. The summed E-state index contributed by atoms with van der Waals surface area (Å²) in [5, 5.41) is 4.46. The topological polar surface area (TPSA) is 174 Å². The molecule has 2 N–H and O–H groups in total. The van der Waals surface area contributed by atoms with E-state index < -0.39 is 71.4 Å². The molecule has 2 aliphatic heterocycles. The van der Waals surface area contributed by atoms with E-state index in [0.29, 0.717) is 0 Å². The fourth-order valence-corrected chi connectivity index (χ4v) is 8.63. The van der Waals surface area contributed by atoms with Crippen molar-refractivity contribution in [3.05, 3.63) is 0 Å². The molecule has 6 amide bonds. The van der Waals surface area contributed by atoms with E-state index in [1.807, 2.05) is 0 Å². The molecule has 2 heterocycles. The largest absolute Gasteiger partial charge is 0.347 e. The van der Waals surface area contributed by atoms with E-state index in [-0.39, 0.29) is 46.3 Å². The molecule has 14 nitrogen and oxygen atoms in total. The maximum atomic E-state index is 13.8. The van der Waals surface area contributed by atoms with Crippen LogP contribution in [0.2, 0.25) is 0 Å². The zero-order valence-corrected chi connectivity index (χ0v) is 30.7. The third-order valence-corrected chi connectivity index (χ3v) is 13.0. The van der Waals surface area contributed by atoms with Crippen LogP contribution in [-0.2, 0) is 38.4 Å². The van der Waals surface area contributed by atoms with Gasteiger partial charge in [0.05, 0.1) is 25.2 Å². The van der Waals surface area contributed by atoms with Crippen molar-refractivity contribution in [1.29, 1.82) is 0 Å². The molecule has 0 aliphatic carbocycles. The molecule has 2 saturated heterocycles. The molecule has 0 aromatic rings. The van der Waals surface area contributed by atoms with E-state index in [0.717, 1.165) is 23.5 Å². The predicted molar refractivity (Wildman–Crippen MR) is 182 cm³/mol. The van der Waals surface area contributed by atoms with Gasteiger partial charge in [0.15, 0.2) is 0 Å². The van der Waals surface area contributed by atoms with Gasteiger partial charge in [-0.2, -0.15) is 0 Å². The normalized spacial score (nSPS) is 30.3. The summed E-state index contributed by atoms with van der Waals surface area (Å²) in [5.41, 5.74) is 0. The molecule has 258 valence electrons. The van der Waals surface area contributed by atoms with Gasteiger partial charge < -0.3 is 30.2 Å². The van der Waals surface area contributed by atoms with E-state index >= 15 is 0 Å². The molecule has 0 aromatic carbocycles. The zero-order chi connectivity index (χ0) is 34.9. The minimum atomic E-state index is -1.03. The van der Waals surface area contributed by atoms with E-state index in [1.54, 1.807) is 27.7 Å². The Morgan fingerprint density at radius 3 is 1.17 bits per heavy atom. The Labute approximate surface area is 286 Å². The van der Waals surface area contributed by atoms with Crippen LogP contribution in [0, 0.1) is 11.8 Å². The molecule has 46 heavy (non-hydrogen) atoms.